The van der Waals surface area contributed by atoms with Crippen LogP contribution in [-0.4, -0.2) is 21.7 Å². The minimum atomic E-state index is -1.17. The molecule has 5 nitrogen and oxygen atoms in total. The molecule has 1 fully saturated rings. The smallest absolute Gasteiger partial charge is 0.341 e. The van der Waals surface area contributed by atoms with Crippen molar-refractivity contribution in [3.05, 3.63) is 69.6 Å². The molecule has 0 saturated heterocycles. The standard InChI is InChI=1S/C21H20N2O3S/c1-12-16(13-5-7-15(8-6-13)22-27-2)9-10-23-19(12)17(14-3-4-14)11-18(20(23)24)21(25)26/h5-11,14,22H,3-4H2,1-2H3,(H,25,26). The summed E-state index contributed by atoms with van der Waals surface area (Å²) in [6, 6.07) is 11.6. The summed E-state index contributed by atoms with van der Waals surface area (Å²) in [5.74, 6) is -0.837. The molecule has 0 unspecified atom stereocenters. The van der Waals surface area contributed by atoms with Crippen LogP contribution in [0.2, 0.25) is 0 Å². The summed E-state index contributed by atoms with van der Waals surface area (Å²) >= 11 is 1.54. The third kappa shape index (κ3) is 3.10. The van der Waals surface area contributed by atoms with Gasteiger partial charge in [0.05, 0.1) is 5.52 Å². The van der Waals surface area contributed by atoms with Gasteiger partial charge >= 0.3 is 5.97 Å². The van der Waals surface area contributed by atoms with Crippen molar-refractivity contribution < 1.29 is 9.90 Å². The van der Waals surface area contributed by atoms with E-state index in [2.05, 4.69) is 16.9 Å². The van der Waals surface area contributed by atoms with Crippen molar-refractivity contribution in [2.45, 2.75) is 25.7 Å². The Labute approximate surface area is 161 Å². The van der Waals surface area contributed by atoms with Gasteiger partial charge in [-0.25, -0.2) is 4.79 Å². The number of aromatic nitrogens is 1. The molecule has 2 aromatic heterocycles. The molecule has 0 atom stereocenters. The Kier molecular flexibility index (Phi) is 4.44. The van der Waals surface area contributed by atoms with E-state index in [1.165, 1.54) is 4.40 Å². The molecule has 1 aromatic carbocycles. The summed E-state index contributed by atoms with van der Waals surface area (Å²) in [6.45, 7) is 2.00. The summed E-state index contributed by atoms with van der Waals surface area (Å²) in [5.41, 5.74) is 5.33. The van der Waals surface area contributed by atoms with Crippen LogP contribution >= 0.6 is 11.9 Å². The summed E-state index contributed by atoms with van der Waals surface area (Å²) in [4.78, 5) is 24.2. The highest BCUT2D eigenvalue weighted by atomic mass is 32.2. The van der Waals surface area contributed by atoms with Crippen molar-refractivity contribution in [3.8, 4) is 11.1 Å². The fraction of sp³-hybridized carbons (Fsp3) is 0.238. The number of pyridine rings is 2. The topological polar surface area (TPSA) is 70.8 Å². The van der Waals surface area contributed by atoms with E-state index in [-0.39, 0.29) is 5.56 Å². The molecule has 0 aliphatic heterocycles. The Balaban J connectivity index is 1.93. The Morgan fingerprint density at radius 2 is 1.93 bits per heavy atom. The van der Waals surface area contributed by atoms with Gasteiger partial charge in [0.1, 0.15) is 5.56 Å². The van der Waals surface area contributed by atoms with Crippen LogP contribution in [0.15, 0.2) is 47.4 Å². The van der Waals surface area contributed by atoms with Gasteiger partial charge in [0.25, 0.3) is 5.56 Å². The first-order valence-electron chi connectivity index (χ1n) is 8.83. The third-order valence-electron chi connectivity index (χ3n) is 5.08. The highest BCUT2D eigenvalue weighted by Crippen LogP contribution is 2.43. The predicted octanol–water partition coefficient (Wildman–Crippen LogP) is 4.54. The maximum Gasteiger partial charge on any atom is 0.341 e. The van der Waals surface area contributed by atoms with Gasteiger partial charge in [-0.2, -0.15) is 0 Å². The quantitative estimate of drug-likeness (QED) is 0.636. The van der Waals surface area contributed by atoms with Crippen LogP contribution in [0, 0.1) is 6.92 Å². The third-order valence-corrected chi connectivity index (χ3v) is 5.52. The number of anilines is 1. The molecule has 138 valence electrons. The number of carboxylic acids is 1. The number of carboxylic acid groups (broad SMARTS) is 1. The number of aryl methyl sites for hydroxylation is 1. The average Bonchev–Trinajstić information content (AvgIpc) is 3.48. The van der Waals surface area contributed by atoms with Crippen LogP contribution in [0.3, 0.4) is 0 Å². The second-order valence-corrected chi connectivity index (χ2v) is 7.47. The van der Waals surface area contributed by atoms with Gasteiger partial charge in [0.2, 0.25) is 0 Å². The van der Waals surface area contributed by atoms with Gasteiger partial charge in [-0.15, -0.1) is 0 Å². The molecule has 27 heavy (non-hydrogen) atoms. The largest absolute Gasteiger partial charge is 0.477 e. The Morgan fingerprint density at radius 1 is 1.22 bits per heavy atom. The molecule has 1 saturated carbocycles. The van der Waals surface area contributed by atoms with Crippen LogP contribution < -0.4 is 10.3 Å². The van der Waals surface area contributed by atoms with E-state index in [4.69, 9.17) is 0 Å². The molecule has 0 spiro atoms. The number of hydrogen-bond donors (Lipinski definition) is 2. The molecule has 1 aliphatic carbocycles. The molecule has 4 rings (SSSR count). The molecule has 0 radical (unpaired) electrons. The molecular weight excluding hydrogens is 360 g/mol. The zero-order valence-corrected chi connectivity index (χ0v) is 16.0. The summed E-state index contributed by atoms with van der Waals surface area (Å²) in [5, 5.41) is 9.40. The Bertz CT molecular complexity index is 1100. The maximum atomic E-state index is 12.7. The summed E-state index contributed by atoms with van der Waals surface area (Å²) in [6.07, 6.45) is 5.74. The highest BCUT2D eigenvalue weighted by molar-refractivity contribution is 7.99. The van der Waals surface area contributed by atoms with Gasteiger partial charge in [-0.1, -0.05) is 24.1 Å². The maximum absolute atomic E-state index is 12.7. The van der Waals surface area contributed by atoms with Gasteiger partial charge in [-0.05, 0) is 72.2 Å². The second-order valence-electron chi connectivity index (χ2n) is 6.85. The van der Waals surface area contributed by atoms with E-state index in [1.807, 2.05) is 31.4 Å². The number of benzene rings is 1. The lowest BCUT2D eigenvalue weighted by Crippen LogP contribution is -2.23. The average molecular weight is 380 g/mol. The number of carbonyl (C=O) groups is 1. The molecule has 2 N–H and O–H groups in total. The fourth-order valence-electron chi connectivity index (χ4n) is 3.60. The highest BCUT2D eigenvalue weighted by Gasteiger charge is 2.29. The van der Waals surface area contributed by atoms with Gasteiger partial charge in [-0.3, -0.25) is 9.20 Å². The first kappa shape index (κ1) is 17.7. The molecule has 1 aliphatic rings. The summed E-state index contributed by atoms with van der Waals surface area (Å²) in [7, 11) is 0. The Morgan fingerprint density at radius 3 is 2.52 bits per heavy atom. The van der Waals surface area contributed by atoms with E-state index in [9.17, 15) is 14.7 Å². The minimum Gasteiger partial charge on any atom is -0.477 e. The molecule has 0 amide bonds. The van der Waals surface area contributed by atoms with Crippen molar-refractivity contribution in [2.75, 3.05) is 11.0 Å². The van der Waals surface area contributed by atoms with Crippen LogP contribution in [-0.2, 0) is 0 Å². The first-order valence-corrected chi connectivity index (χ1v) is 10.1. The zero-order valence-electron chi connectivity index (χ0n) is 15.2. The lowest BCUT2D eigenvalue weighted by Gasteiger charge is -2.15. The number of nitrogens with zero attached hydrogens (tertiary/aromatic N) is 1. The molecule has 6 heteroatoms. The Hall–Kier alpha value is -2.73. The first-order chi connectivity index (χ1) is 13.0. The van der Waals surface area contributed by atoms with Gasteiger partial charge in [0.15, 0.2) is 0 Å². The molecule has 0 bridgehead atoms. The fourth-order valence-corrected chi connectivity index (χ4v) is 3.98. The van der Waals surface area contributed by atoms with Crippen molar-refractivity contribution >= 4 is 29.1 Å². The number of hydrogen-bond acceptors (Lipinski definition) is 4. The van der Waals surface area contributed by atoms with Crippen LogP contribution in [0.1, 0.15) is 40.2 Å². The SMILES string of the molecule is CSNc1ccc(-c2ccn3c(=O)c(C(=O)O)cc(C4CC4)c3c2C)cc1. The van der Waals surface area contributed by atoms with Crippen molar-refractivity contribution in [3.63, 3.8) is 0 Å². The van der Waals surface area contributed by atoms with Crippen molar-refractivity contribution in [2.24, 2.45) is 0 Å². The van der Waals surface area contributed by atoms with E-state index >= 15 is 0 Å². The second kappa shape index (κ2) is 6.78. The van der Waals surface area contributed by atoms with E-state index in [1.54, 1.807) is 24.2 Å². The predicted molar refractivity (Wildman–Crippen MR) is 110 cm³/mol. The molecular formula is C21H20N2O3S. The van der Waals surface area contributed by atoms with E-state index in [0.29, 0.717) is 5.92 Å². The number of fused-ring (bicyclic) bond motifs is 1. The number of aromatic carboxylic acids is 1. The van der Waals surface area contributed by atoms with Gasteiger partial charge in [0, 0.05) is 18.1 Å². The van der Waals surface area contributed by atoms with E-state index in [0.717, 1.165) is 46.3 Å². The monoisotopic (exact) mass is 380 g/mol. The van der Waals surface area contributed by atoms with E-state index < -0.39 is 11.5 Å². The zero-order chi connectivity index (χ0) is 19.1. The lowest BCUT2D eigenvalue weighted by molar-refractivity contribution is 0.0694. The van der Waals surface area contributed by atoms with Crippen LogP contribution in [0.25, 0.3) is 16.6 Å². The molecule has 2 heterocycles. The van der Waals surface area contributed by atoms with Crippen molar-refractivity contribution in [1.29, 1.82) is 0 Å². The van der Waals surface area contributed by atoms with Crippen molar-refractivity contribution in [1.82, 2.24) is 4.40 Å². The normalized spacial score (nSPS) is 13.7. The molecule has 3 aromatic rings. The number of rotatable bonds is 5. The lowest BCUT2D eigenvalue weighted by atomic mass is 9.96. The minimum absolute atomic E-state index is 0.158. The van der Waals surface area contributed by atoms with Crippen LogP contribution in [0.4, 0.5) is 5.69 Å². The van der Waals surface area contributed by atoms with Gasteiger partial charge < -0.3 is 9.83 Å². The summed E-state index contributed by atoms with van der Waals surface area (Å²) < 4.78 is 4.70. The van der Waals surface area contributed by atoms with Crippen LogP contribution in [0.5, 0.6) is 0 Å². The number of nitrogens with one attached hydrogen (secondary N) is 1.